The first-order valence-electron chi connectivity index (χ1n) is 7.79. The van der Waals surface area contributed by atoms with Gasteiger partial charge in [0.05, 0.1) is 6.33 Å². The summed E-state index contributed by atoms with van der Waals surface area (Å²) in [6.45, 7) is 7.41. The molecule has 0 aromatic carbocycles. The van der Waals surface area contributed by atoms with Gasteiger partial charge in [0.25, 0.3) is 0 Å². The highest BCUT2D eigenvalue weighted by atomic mass is 16.5. The second kappa shape index (κ2) is 5.87. The average molecular weight is 289 g/mol. The van der Waals surface area contributed by atoms with Gasteiger partial charge in [0.1, 0.15) is 11.6 Å². The lowest BCUT2D eigenvalue weighted by molar-refractivity contribution is 0.0978. The summed E-state index contributed by atoms with van der Waals surface area (Å²) in [6.07, 6.45) is 5.24. The van der Waals surface area contributed by atoms with Crippen LogP contribution in [0.2, 0.25) is 0 Å². The Morgan fingerprint density at radius 3 is 2.90 bits per heavy atom. The number of H-pyrrole nitrogens is 1. The summed E-state index contributed by atoms with van der Waals surface area (Å²) in [5.41, 5.74) is 1.43. The van der Waals surface area contributed by atoms with Gasteiger partial charge in [-0.3, -0.25) is 0 Å². The monoisotopic (exact) mass is 289 g/mol. The molecule has 6 nitrogen and oxygen atoms in total. The second-order valence-corrected chi connectivity index (χ2v) is 5.99. The molecule has 0 amide bonds. The number of aromatic nitrogens is 4. The quantitative estimate of drug-likeness (QED) is 0.905. The highest BCUT2D eigenvalue weighted by Gasteiger charge is 2.27. The molecule has 0 radical (unpaired) electrons. The number of nitrogens with zero attached hydrogens (tertiary/aromatic N) is 3. The first kappa shape index (κ1) is 14.1. The lowest BCUT2D eigenvalue weighted by atomic mass is 9.80. The maximum atomic E-state index is 6.17. The number of anilines is 1. The number of hydrogen-bond acceptors (Lipinski definition) is 5. The number of imidazole rings is 1. The molecular weight excluding hydrogens is 266 g/mol. The number of ether oxygens (including phenoxy) is 1. The molecule has 0 spiro atoms. The number of rotatable bonds is 4. The van der Waals surface area contributed by atoms with Crippen molar-refractivity contribution in [2.45, 2.75) is 46.1 Å². The SMILES string of the molecule is CCNc1nc(OC2CCC(C)C(C)C2)c2[nH]cnc2n1. The van der Waals surface area contributed by atoms with Gasteiger partial charge in [0.2, 0.25) is 11.8 Å². The summed E-state index contributed by atoms with van der Waals surface area (Å²) in [4.78, 5) is 16.1. The molecule has 1 saturated carbocycles. The van der Waals surface area contributed by atoms with E-state index in [4.69, 9.17) is 4.74 Å². The lowest BCUT2D eigenvalue weighted by Crippen LogP contribution is -2.29. The smallest absolute Gasteiger partial charge is 0.245 e. The van der Waals surface area contributed by atoms with E-state index < -0.39 is 0 Å². The Kier molecular flexibility index (Phi) is 3.94. The number of nitrogens with one attached hydrogen (secondary N) is 2. The van der Waals surface area contributed by atoms with Crippen molar-refractivity contribution in [3.05, 3.63) is 6.33 Å². The molecule has 21 heavy (non-hydrogen) atoms. The van der Waals surface area contributed by atoms with Crippen LogP contribution in [0.1, 0.15) is 40.0 Å². The molecule has 2 heterocycles. The Hall–Kier alpha value is -1.85. The van der Waals surface area contributed by atoms with Crippen LogP contribution in [0.4, 0.5) is 5.95 Å². The minimum atomic E-state index is 0.229. The standard InChI is InChI=1S/C15H23N5O/c1-4-16-15-19-13-12(17-8-18-13)14(20-15)21-11-6-5-9(2)10(3)7-11/h8-11H,4-7H2,1-3H3,(H2,16,17,18,19,20). The number of aromatic amines is 1. The maximum absolute atomic E-state index is 6.17. The van der Waals surface area contributed by atoms with E-state index in [9.17, 15) is 0 Å². The molecule has 0 saturated heterocycles. The zero-order valence-electron chi connectivity index (χ0n) is 12.9. The summed E-state index contributed by atoms with van der Waals surface area (Å²) in [6, 6.07) is 0. The Morgan fingerprint density at radius 1 is 1.29 bits per heavy atom. The molecule has 3 atom stereocenters. The van der Waals surface area contributed by atoms with Crippen LogP contribution in [-0.4, -0.2) is 32.6 Å². The highest BCUT2D eigenvalue weighted by molar-refractivity contribution is 5.76. The molecule has 3 rings (SSSR count). The lowest BCUT2D eigenvalue weighted by Gasteiger charge is -2.31. The number of fused-ring (bicyclic) bond motifs is 1. The van der Waals surface area contributed by atoms with Crippen LogP contribution in [0, 0.1) is 11.8 Å². The zero-order valence-corrected chi connectivity index (χ0v) is 12.9. The van der Waals surface area contributed by atoms with E-state index in [-0.39, 0.29) is 6.10 Å². The van der Waals surface area contributed by atoms with Crippen molar-refractivity contribution in [2.75, 3.05) is 11.9 Å². The molecule has 0 bridgehead atoms. The van der Waals surface area contributed by atoms with Crippen molar-refractivity contribution >= 4 is 17.1 Å². The van der Waals surface area contributed by atoms with Crippen LogP contribution in [0.15, 0.2) is 6.33 Å². The van der Waals surface area contributed by atoms with Gasteiger partial charge in [-0.25, -0.2) is 4.98 Å². The van der Waals surface area contributed by atoms with Crippen molar-refractivity contribution in [2.24, 2.45) is 11.8 Å². The minimum Gasteiger partial charge on any atom is -0.473 e. The van der Waals surface area contributed by atoms with Gasteiger partial charge < -0.3 is 15.0 Å². The molecule has 1 fully saturated rings. The van der Waals surface area contributed by atoms with E-state index in [1.807, 2.05) is 6.92 Å². The predicted octanol–water partition coefficient (Wildman–Crippen LogP) is 2.99. The normalized spacial score (nSPS) is 26.0. The molecule has 2 N–H and O–H groups in total. The fourth-order valence-electron chi connectivity index (χ4n) is 2.89. The van der Waals surface area contributed by atoms with E-state index in [0.717, 1.165) is 30.8 Å². The van der Waals surface area contributed by atoms with Gasteiger partial charge in [-0.2, -0.15) is 9.97 Å². The third kappa shape index (κ3) is 2.94. The van der Waals surface area contributed by atoms with Gasteiger partial charge >= 0.3 is 0 Å². The first-order chi connectivity index (χ1) is 10.2. The molecular formula is C15H23N5O. The molecule has 2 aromatic rings. The van der Waals surface area contributed by atoms with Crippen molar-refractivity contribution in [3.8, 4) is 5.88 Å². The molecule has 2 aromatic heterocycles. The minimum absolute atomic E-state index is 0.229. The third-order valence-electron chi connectivity index (χ3n) is 4.42. The number of hydrogen-bond donors (Lipinski definition) is 2. The predicted molar refractivity (Wildman–Crippen MR) is 82.4 cm³/mol. The van der Waals surface area contributed by atoms with Crippen LogP contribution in [0.5, 0.6) is 5.88 Å². The van der Waals surface area contributed by atoms with Gasteiger partial charge in [-0.1, -0.05) is 13.8 Å². The van der Waals surface area contributed by atoms with Crippen molar-refractivity contribution in [1.82, 2.24) is 19.9 Å². The summed E-state index contributed by atoms with van der Waals surface area (Å²) in [7, 11) is 0. The van der Waals surface area contributed by atoms with E-state index in [1.165, 1.54) is 6.42 Å². The van der Waals surface area contributed by atoms with Crippen LogP contribution in [0.25, 0.3) is 11.2 Å². The Bertz CT molecular complexity index is 611. The van der Waals surface area contributed by atoms with E-state index in [1.54, 1.807) is 6.33 Å². The van der Waals surface area contributed by atoms with Crippen LogP contribution < -0.4 is 10.1 Å². The summed E-state index contributed by atoms with van der Waals surface area (Å²) >= 11 is 0. The van der Waals surface area contributed by atoms with E-state index in [2.05, 4.69) is 39.1 Å². The molecule has 1 aliphatic rings. The Labute approximate surface area is 124 Å². The van der Waals surface area contributed by atoms with Gasteiger partial charge in [0.15, 0.2) is 5.65 Å². The third-order valence-corrected chi connectivity index (χ3v) is 4.42. The molecule has 3 unspecified atom stereocenters. The summed E-state index contributed by atoms with van der Waals surface area (Å²) in [5.74, 6) is 2.65. The van der Waals surface area contributed by atoms with Gasteiger partial charge in [-0.05, 0) is 38.0 Å². The Morgan fingerprint density at radius 2 is 2.14 bits per heavy atom. The van der Waals surface area contributed by atoms with Crippen molar-refractivity contribution in [1.29, 1.82) is 0 Å². The Balaban J connectivity index is 1.83. The highest BCUT2D eigenvalue weighted by Crippen LogP contribution is 2.32. The zero-order chi connectivity index (χ0) is 14.8. The van der Waals surface area contributed by atoms with E-state index >= 15 is 0 Å². The molecule has 6 heteroatoms. The fourth-order valence-corrected chi connectivity index (χ4v) is 2.89. The second-order valence-electron chi connectivity index (χ2n) is 5.99. The topological polar surface area (TPSA) is 75.7 Å². The fraction of sp³-hybridized carbons (Fsp3) is 0.667. The van der Waals surface area contributed by atoms with Gasteiger partial charge in [-0.15, -0.1) is 0 Å². The van der Waals surface area contributed by atoms with E-state index in [0.29, 0.717) is 23.4 Å². The molecule has 1 aliphatic carbocycles. The van der Waals surface area contributed by atoms with Gasteiger partial charge in [0, 0.05) is 6.54 Å². The largest absolute Gasteiger partial charge is 0.473 e. The van der Waals surface area contributed by atoms with Crippen molar-refractivity contribution in [3.63, 3.8) is 0 Å². The van der Waals surface area contributed by atoms with Crippen LogP contribution >= 0.6 is 0 Å². The summed E-state index contributed by atoms with van der Waals surface area (Å²) < 4.78 is 6.17. The van der Waals surface area contributed by atoms with Crippen molar-refractivity contribution < 1.29 is 4.74 Å². The summed E-state index contributed by atoms with van der Waals surface area (Å²) in [5, 5.41) is 3.13. The van der Waals surface area contributed by atoms with Crippen LogP contribution in [0.3, 0.4) is 0 Å². The average Bonchev–Trinajstić information content (AvgIpc) is 2.92. The molecule has 114 valence electrons. The maximum Gasteiger partial charge on any atom is 0.245 e. The molecule has 0 aliphatic heterocycles. The van der Waals surface area contributed by atoms with Crippen LogP contribution in [-0.2, 0) is 0 Å². The first-order valence-corrected chi connectivity index (χ1v) is 7.79.